The van der Waals surface area contributed by atoms with Gasteiger partial charge in [-0.1, -0.05) is 30.3 Å². The number of para-hydroxylation sites is 2. The third kappa shape index (κ3) is 4.37. The van der Waals surface area contributed by atoms with Gasteiger partial charge >= 0.3 is 0 Å². The van der Waals surface area contributed by atoms with Crippen molar-refractivity contribution in [3.63, 3.8) is 0 Å². The van der Waals surface area contributed by atoms with Crippen LogP contribution in [0.15, 0.2) is 66.7 Å². The number of methoxy groups -OCH3 is 1. The van der Waals surface area contributed by atoms with E-state index in [1.165, 1.54) is 0 Å². The number of carbonyl (C=O) groups is 1. The molecule has 0 unspecified atom stereocenters. The molecule has 1 fully saturated rings. The van der Waals surface area contributed by atoms with Gasteiger partial charge < -0.3 is 15.0 Å². The molecule has 1 aliphatic rings. The number of aromatic nitrogens is 2. The fraction of sp³-hybridized carbons (Fsp3) is 0.261. The van der Waals surface area contributed by atoms with Crippen molar-refractivity contribution in [1.82, 2.24) is 10.2 Å². The van der Waals surface area contributed by atoms with Gasteiger partial charge in [-0.25, -0.2) is 0 Å². The van der Waals surface area contributed by atoms with Crippen molar-refractivity contribution in [2.75, 3.05) is 30.4 Å². The minimum absolute atomic E-state index is 0.0206. The first-order valence-electron chi connectivity index (χ1n) is 9.82. The number of nitrogens with one attached hydrogen (secondary N) is 1. The summed E-state index contributed by atoms with van der Waals surface area (Å²) in [7, 11) is 1.65. The molecule has 1 saturated heterocycles. The summed E-state index contributed by atoms with van der Waals surface area (Å²) >= 11 is 0. The van der Waals surface area contributed by atoms with Crippen LogP contribution in [0.4, 0.5) is 11.5 Å². The summed E-state index contributed by atoms with van der Waals surface area (Å²) in [4.78, 5) is 14.7. The van der Waals surface area contributed by atoms with Crippen LogP contribution in [0.2, 0.25) is 0 Å². The number of rotatable bonds is 5. The fourth-order valence-corrected chi connectivity index (χ4v) is 3.63. The second-order valence-electron chi connectivity index (χ2n) is 7.09. The molecule has 1 aromatic heterocycles. The lowest BCUT2D eigenvalue weighted by Gasteiger charge is -2.31. The summed E-state index contributed by atoms with van der Waals surface area (Å²) in [5, 5.41) is 11.8. The Morgan fingerprint density at radius 1 is 0.966 bits per heavy atom. The van der Waals surface area contributed by atoms with Crippen molar-refractivity contribution in [1.29, 1.82) is 0 Å². The standard InChI is InChI=1S/C23H24N4O2/c1-29-21-10-6-5-9-19(21)20-11-12-22(26-25-20)27-15-13-17(14-16-27)23(28)24-18-7-3-2-4-8-18/h2-12,17H,13-16H2,1H3,(H,24,28). The van der Waals surface area contributed by atoms with E-state index >= 15 is 0 Å². The zero-order valence-corrected chi connectivity index (χ0v) is 16.4. The number of hydrogen-bond acceptors (Lipinski definition) is 5. The maximum absolute atomic E-state index is 12.5. The summed E-state index contributed by atoms with van der Waals surface area (Å²) in [6.07, 6.45) is 1.60. The van der Waals surface area contributed by atoms with E-state index in [-0.39, 0.29) is 11.8 Å². The maximum atomic E-state index is 12.5. The molecule has 4 rings (SSSR count). The third-order valence-corrected chi connectivity index (χ3v) is 5.26. The third-order valence-electron chi connectivity index (χ3n) is 5.26. The van der Waals surface area contributed by atoms with Gasteiger partial charge in [0.1, 0.15) is 5.75 Å². The zero-order chi connectivity index (χ0) is 20.1. The highest BCUT2D eigenvalue weighted by atomic mass is 16.5. The van der Waals surface area contributed by atoms with Crippen LogP contribution in [0.25, 0.3) is 11.3 Å². The van der Waals surface area contributed by atoms with Gasteiger partial charge in [0.25, 0.3) is 0 Å². The minimum atomic E-state index is 0.0206. The van der Waals surface area contributed by atoms with E-state index in [0.717, 1.165) is 54.4 Å². The van der Waals surface area contributed by atoms with Crippen LogP contribution in [0.5, 0.6) is 5.75 Å². The van der Waals surface area contributed by atoms with Gasteiger partial charge in [0.05, 0.1) is 12.8 Å². The average molecular weight is 388 g/mol. The molecule has 0 aliphatic carbocycles. The second-order valence-corrected chi connectivity index (χ2v) is 7.09. The van der Waals surface area contributed by atoms with Crippen molar-refractivity contribution in [2.45, 2.75) is 12.8 Å². The summed E-state index contributed by atoms with van der Waals surface area (Å²) in [5.41, 5.74) is 2.55. The smallest absolute Gasteiger partial charge is 0.227 e. The lowest BCUT2D eigenvalue weighted by Crippen LogP contribution is -2.38. The van der Waals surface area contributed by atoms with Gasteiger partial charge in [-0.3, -0.25) is 4.79 Å². The van der Waals surface area contributed by atoms with Gasteiger partial charge in [0.2, 0.25) is 5.91 Å². The van der Waals surface area contributed by atoms with E-state index in [4.69, 9.17) is 4.74 Å². The van der Waals surface area contributed by atoms with Crippen molar-refractivity contribution < 1.29 is 9.53 Å². The first-order chi connectivity index (χ1) is 14.2. The van der Waals surface area contributed by atoms with Gasteiger partial charge in [0, 0.05) is 30.3 Å². The highest BCUT2D eigenvalue weighted by Crippen LogP contribution is 2.29. The van der Waals surface area contributed by atoms with Crippen LogP contribution in [0.1, 0.15) is 12.8 Å². The molecule has 6 heteroatoms. The fourth-order valence-electron chi connectivity index (χ4n) is 3.63. The molecule has 2 heterocycles. The molecule has 6 nitrogen and oxygen atoms in total. The largest absolute Gasteiger partial charge is 0.496 e. The normalized spacial score (nSPS) is 14.4. The molecule has 3 aromatic rings. The lowest BCUT2D eigenvalue weighted by molar-refractivity contribution is -0.120. The Balaban J connectivity index is 1.37. The average Bonchev–Trinajstić information content (AvgIpc) is 2.80. The highest BCUT2D eigenvalue weighted by Gasteiger charge is 2.26. The SMILES string of the molecule is COc1ccccc1-c1ccc(N2CCC(C(=O)Nc3ccccc3)CC2)nn1. The number of piperidine rings is 1. The van der Waals surface area contributed by atoms with Crippen molar-refractivity contribution in [3.05, 3.63) is 66.7 Å². The number of hydrogen-bond donors (Lipinski definition) is 1. The summed E-state index contributed by atoms with van der Waals surface area (Å²) in [6.45, 7) is 1.57. The van der Waals surface area contributed by atoms with Crippen LogP contribution in [-0.2, 0) is 4.79 Å². The van der Waals surface area contributed by atoms with E-state index in [1.807, 2.05) is 66.7 Å². The lowest BCUT2D eigenvalue weighted by atomic mass is 9.96. The van der Waals surface area contributed by atoms with E-state index in [2.05, 4.69) is 20.4 Å². The summed E-state index contributed by atoms with van der Waals surface area (Å²) in [5.74, 6) is 1.73. The molecule has 0 radical (unpaired) electrons. The van der Waals surface area contributed by atoms with E-state index in [1.54, 1.807) is 7.11 Å². The number of ether oxygens (including phenoxy) is 1. The molecule has 0 spiro atoms. The molecule has 0 bridgehead atoms. The molecular formula is C23H24N4O2. The molecule has 1 amide bonds. The topological polar surface area (TPSA) is 67.3 Å². The second kappa shape index (κ2) is 8.73. The molecule has 1 aliphatic heterocycles. The molecule has 2 aromatic carbocycles. The van der Waals surface area contributed by atoms with Crippen molar-refractivity contribution >= 4 is 17.4 Å². The number of benzene rings is 2. The van der Waals surface area contributed by atoms with Gasteiger partial charge in [0.15, 0.2) is 5.82 Å². The van der Waals surface area contributed by atoms with Crippen molar-refractivity contribution in [3.8, 4) is 17.0 Å². The number of nitrogens with zero attached hydrogens (tertiary/aromatic N) is 3. The van der Waals surface area contributed by atoms with Gasteiger partial charge in [-0.15, -0.1) is 10.2 Å². The quantitative estimate of drug-likeness (QED) is 0.715. The minimum Gasteiger partial charge on any atom is -0.496 e. The Morgan fingerprint density at radius 2 is 1.69 bits per heavy atom. The van der Waals surface area contributed by atoms with Crippen LogP contribution in [0.3, 0.4) is 0 Å². The zero-order valence-electron chi connectivity index (χ0n) is 16.4. The molecule has 1 N–H and O–H groups in total. The predicted octanol–water partition coefficient (Wildman–Crippen LogP) is 4.01. The van der Waals surface area contributed by atoms with Crippen molar-refractivity contribution in [2.24, 2.45) is 5.92 Å². The molecule has 148 valence electrons. The molecule has 0 saturated carbocycles. The Kier molecular flexibility index (Phi) is 5.70. The Hall–Kier alpha value is -3.41. The summed E-state index contributed by atoms with van der Waals surface area (Å²) < 4.78 is 5.41. The Bertz CT molecular complexity index is 952. The van der Waals surface area contributed by atoms with E-state index in [0.29, 0.717) is 0 Å². The van der Waals surface area contributed by atoms with Crippen LogP contribution >= 0.6 is 0 Å². The van der Waals surface area contributed by atoms with Gasteiger partial charge in [-0.05, 0) is 49.2 Å². The maximum Gasteiger partial charge on any atom is 0.227 e. The van der Waals surface area contributed by atoms with Crippen LogP contribution in [-0.4, -0.2) is 36.3 Å². The Labute approximate surface area is 170 Å². The predicted molar refractivity (Wildman–Crippen MR) is 114 cm³/mol. The number of anilines is 2. The summed E-state index contributed by atoms with van der Waals surface area (Å²) in [6, 6.07) is 21.3. The highest BCUT2D eigenvalue weighted by molar-refractivity contribution is 5.92. The molecular weight excluding hydrogens is 364 g/mol. The number of amides is 1. The first kappa shape index (κ1) is 18.9. The number of carbonyl (C=O) groups excluding carboxylic acids is 1. The van der Waals surface area contributed by atoms with E-state index < -0.39 is 0 Å². The first-order valence-corrected chi connectivity index (χ1v) is 9.82. The Morgan fingerprint density at radius 3 is 2.38 bits per heavy atom. The molecule has 0 atom stereocenters. The monoisotopic (exact) mass is 388 g/mol. The van der Waals surface area contributed by atoms with Gasteiger partial charge in [-0.2, -0.15) is 0 Å². The van der Waals surface area contributed by atoms with E-state index in [9.17, 15) is 4.79 Å². The van der Waals surface area contributed by atoms with Crippen LogP contribution in [0, 0.1) is 5.92 Å². The molecule has 29 heavy (non-hydrogen) atoms. The van der Waals surface area contributed by atoms with Crippen LogP contribution < -0.4 is 15.0 Å².